The van der Waals surface area contributed by atoms with E-state index in [0.29, 0.717) is 5.71 Å². The van der Waals surface area contributed by atoms with Crippen LogP contribution in [-0.4, -0.2) is 4.98 Å². The average molecular weight is 513 g/mol. The fourth-order valence-corrected chi connectivity index (χ4v) is 5.76. The molecule has 0 fully saturated rings. The molecule has 2 aromatic heterocycles. The van der Waals surface area contributed by atoms with Crippen LogP contribution in [0.1, 0.15) is 0 Å². The minimum atomic E-state index is 0.658. The first-order valence-corrected chi connectivity index (χ1v) is 13.5. The van der Waals surface area contributed by atoms with E-state index in [1.807, 2.05) is 12.1 Å². The predicted octanol–water partition coefficient (Wildman–Crippen LogP) is 10.4. The maximum absolute atomic E-state index is 6.17. The Hall–Kier alpha value is -5.41. The van der Waals surface area contributed by atoms with Gasteiger partial charge in [-0.3, -0.25) is 0 Å². The summed E-state index contributed by atoms with van der Waals surface area (Å²) in [6, 6.07) is 49.4. The molecule has 0 aliphatic rings. The highest BCUT2D eigenvalue weighted by atomic mass is 16.3. The van der Waals surface area contributed by atoms with Crippen molar-refractivity contribution in [2.24, 2.45) is 0 Å². The van der Waals surface area contributed by atoms with Crippen molar-refractivity contribution in [1.29, 1.82) is 0 Å². The number of hydrogen-bond acceptors (Lipinski definition) is 3. The van der Waals surface area contributed by atoms with Gasteiger partial charge in [0.1, 0.15) is 5.58 Å². The van der Waals surface area contributed by atoms with Crippen LogP contribution in [-0.2, 0) is 0 Å². The Morgan fingerprint density at radius 2 is 1.10 bits per heavy atom. The zero-order chi connectivity index (χ0) is 26.5. The van der Waals surface area contributed by atoms with E-state index in [1.54, 1.807) is 6.20 Å². The molecule has 0 radical (unpaired) electrons. The van der Waals surface area contributed by atoms with Crippen LogP contribution in [0.25, 0.3) is 54.7 Å². The molecule has 0 atom stereocenters. The normalized spacial score (nSPS) is 11.5. The Morgan fingerprint density at radius 1 is 0.450 bits per heavy atom. The van der Waals surface area contributed by atoms with Gasteiger partial charge in [0, 0.05) is 40.1 Å². The smallest absolute Gasteiger partial charge is 0.227 e. The summed E-state index contributed by atoms with van der Waals surface area (Å²) in [7, 11) is 0. The molecule has 0 bridgehead atoms. The van der Waals surface area contributed by atoms with Crippen molar-refractivity contribution < 1.29 is 4.42 Å². The number of pyridine rings is 1. The van der Waals surface area contributed by atoms with Gasteiger partial charge >= 0.3 is 0 Å². The van der Waals surface area contributed by atoms with Gasteiger partial charge in [-0.25, -0.2) is 4.98 Å². The zero-order valence-corrected chi connectivity index (χ0v) is 21.7. The van der Waals surface area contributed by atoms with Gasteiger partial charge in [-0.15, -0.1) is 0 Å². The number of benzene rings is 6. The van der Waals surface area contributed by atoms with Gasteiger partial charge in [0.2, 0.25) is 5.71 Å². The van der Waals surface area contributed by atoms with E-state index in [-0.39, 0.29) is 0 Å². The largest absolute Gasteiger partial charge is 0.438 e. The number of aromatic nitrogens is 1. The molecule has 3 nitrogen and oxygen atoms in total. The van der Waals surface area contributed by atoms with Crippen molar-refractivity contribution in [2.45, 2.75) is 0 Å². The number of nitrogens with zero attached hydrogens (tertiary/aromatic N) is 2. The van der Waals surface area contributed by atoms with E-state index in [2.05, 4.69) is 137 Å². The zero-order valence-electron chi connectivity index (χ0n) is 21.7. The predicted molar refractivity (Wildman–Crippen MR) is 167 cm³/mol. The summed E-state index contributed by atoms with van der Waals surface area (Å²) in [6.45, 7) is 0. The first kappa shape index (κ1) is 22.6. The third-order valence-electron chi connectivity index (χ3n) is 7.71. The molecule has 188 valence electrons. The van der Waals surface area contributed by atoms with Crippen LogP contribution in [0.4, 0.5) is 17.1 Å². The van der Waals surface area contributed by atoms with Crippen LogP contribution in [0.2, 0.25) is 0 Å². The molecule has 0 saturated carbocycles. The second kappa shape index (κ2) is 9.11. The molecule has 2 heterocycles. The molecule has 0 amide bonds. The summed E-state index contributed by atoms with van der Waals surface area (Å²) >= 11 is 0. The van der Waals surface area contributed by atoms with Crippen molar-refractivity contribution in [2.75, 3.05) is 4.90 Å². The maximum atomic E-state index is 6.17. The highest BCUT2D eigenvalue weighted by Crippen LogP contribution is 2.40. The lowest BCUT2D eigenvalue weighted by Gasteiger charge is -2.26. The molecule has 0 unspecified atom stereocenters. The Morgan fingerprint density at radius 3 is 1.98 bits per heavy atom. The summed E-state index contributed by atoms with van der Waals surface area (Å²) in [6.07, 6.45) is 1.77. The summed E-state index contributed by atoms with van der Waals surface area (Å²) in [5.41, 5.74) is 7.06. The molecule has 40 heavy (non-hydrogen) atoms. The van der Waals surface area contributed by atoms with Gasteiger partial charge in [-0.05, 0) is 81.2 Å². The van der Waals surface area contributed by atoms with E-state index in [0.717, 1.165) is 33.4 Å². The van der Waals surface area contributed by atoms with Gasteiger partial charge in [-0.2, -0.15) is 0 Å². The van der Waals surface area contributed by atoms with E-state index in [9.17, 15) is 0 Å². The third-order valence-corrected chi connectivity index (χ3v) is 7.71. The minimum Gasteiger partial charge on any atom is -0.438 e. The van der Waals surface area contributed by atoms with Crippen LogP contribution in [0.15, 0.2) is 150 Å². The van der Waals surface area contributed by atoms with E-state index >= 15 is 0 Å². The Labute approximate surface area is 231 Å². The molecule has 0 aliphatic heterocycles. The van der Waals surface area contributed by atoms with E-state index in [1.165, 1.54) is 32.7 Å². The molecule has 3 heteroatoms. The highest BCUT2D eigenvalue weighted by Gasteiger charge is 2.17. The molecular formula is C37H24N2O. The SMILES string of the molecule is c1ccc(-c2ccc(N(c3ccc4c(ccc5ccccc54)c3)c3ccc4c(c3)oc3ncccc34)cc2)cc1. The fourth-order valence-electron chi connectivity index (χ4n) is 5.76. The maximum Gasteiger partial charge on any atom is 0.227 e. The van der Waals surface area contributed by atoms with Gasteiger partial charge < -0.3 is 9.32 Å². The number of hydrogen-bond donors (Lipinski definition) is 0. The molecule has 8 aromatic rings. The van der Waals surface area contributed by atoms with Gasteiger partial charge in [-0.1, -0.05) is 84.9 Å². The molecule has 0 saturated heterocycles. The summed E-state index contributed by atoms with van der Waals surface area (Å²) in [4.78, 5) is 6.72. The van der Waals surface area contributed by atoms with Crippen LogP contribution in [0.3, 0.4) is 0 Å². The van der Waals surface area contributed by atoms with E-state index < -0.39 is 0 Å². The topological polar surface area (TPSA) is 29.3 Å². The second-order valence-corrected chi connectivity index (χ2v) is 10.1. The Bertz CT molecular complexity index is 2160. The molecule has 0 spiro atoms. The van der Waals surface area contributed by atoms with Gasteiger partial charge in [0.25, 0.3) is 0 Å². The molecule has 6 aromatic carbocycles. The van der Waals surface area contributed by atoms with Crippen molar-refractivity contribution in [3.8, 4) is 11.1 Å². The van der Waals surface area contributed by atoms with Crippen molar-refractivity contribution in [3.63, 3.8) is 0 Å². The third kappa shape index (κ3) is 3.71. The van der Waals surface area contributed by atoms with Crippen molar-refractivity contribution in [1.82, 2.24) is 4.98 Å². The number of fused-ring (bicyclic) bond motifs is 6. The monoisotopic (exact) mass is 512 g/mol. The van der Waals surface area contributed by atoms with Gasteiger partial charge in [0.05, 0.1) is 0 Å². The summed E-state index contributed by atoms with van der Waals surface area (Å²) in [5, 5.41) is 7.06. The lowest BCUT2D eigenvalue weighted by molar-refractivity contribution is 0.654. The minimum absolute atomic E-state index is 0.658. The molecular weight excluding hydrogens is 488 g/mol. The fraction of sp³-hybridized carbons (Fsp3) is 0. The summed E-state index contributed by atoms with van der Waals surface area (Å²) in [5.74, 6) is 0. The van der Waals surface area contributed by atoms with Crippen LogP contribution in [0, 0.1) is 0 Å². The van der Waals surface area contributed by atoms with Crippen molar-refractivity contribution in [3.05, 3.63) is 146 Å². The van der Waals surface area contributed by atoms with Crippen molar-refractivity contribution >= 4 is 60.7 Å². The highest BCUT2D eigenvalue weighted by molar-refractivity contribution is 6.09. The Balaban J connectivity index is 1.31. The van der Waals surface area contributed by atoms with E-state index in [4.69, 9.17) is 4.42 Å². The number of furan rings is 1. The summed E-state index contributed by atoms with van der Waals surface area (Å²) < 4.78 is 6.17. The number of rotatable bonds is 4. The second-order valence-electron chi connectivity index (χ2n) is 10.1. The molecule has 0 N–H and O–H groups in total. The van der Waals surface area contributed by atoms with Crippen LogP contribution < -0.4 is 4.90 Å². The first-order chi connectivity index (χ1) is 19.8. The molecule has 0 aliphatic carbocycles. The van der Waals surface area contributed by atoms with Crippen LogP contribution in [0.5, 0.6) is 0 Å². The quantitative estimate of drug-likeness (QED) is 0.220. The van der Waals surface area contributed by atoms with Crippen LogP contribution >= 0.6 is 0 Å². The number of anilines is 3. The standard InChI is InChI=1S/C37H24N2O/c1-2-7-25(8-3-1)26-14-16-29(17-15-26)39(31-19-21-34-35-11-6-22-38-37(35)40-36(34)24-31)30-18-20-33-28(23-30)13-12-27-9-4-5-10-32(27)33/h1-24H. The van der Waals surface area contributed by atoms with Gasteiger partial charge in [0.15, 0.2) is 0 Å². The first-order valence-electron chi connectivity index (χ1n) is 13.5. The molecule has 8 rings (SSSR count). The lowest BCUT2D eigenvalue weighted by Crippen LogP contribution is -2.09. The average Bonchev–Trinajstić information content (AvgIpc) is 3.40. The Kier molecular flexibility index (Phi) is 5.14. The lowest BCUT2D eigenvalue weighted by atomic mass is 10.0.